The van der Waals surface area contributed by atoms with Crippen molar-refractivity contribution in [1.82, 2.24) is 5.32 Å². The molecule has 0 saturated heterocycles. The smallest absolute Gasteiger partial charge is 0.122 e. The number of nitrogens with one attached hydrogen (secondary N) is 1. The van der Waals surface area contributed by atoms with Crippen LogP contribution in [0.15, 0.2) is 48.5 Å². The molecule has 0 aliphatic carbocycles. The van der Waals surface area contributed by atoms with Gasteiger partial charge in [0.15, 0.2) is 0 Å². The van der Waals surface area contributed by atoms with Crippen LogP contribution in [0, 0.1) is 0 Å². The Morgan fingerprint density at radius 3 is 2.75 bits per heavy atom. The van der Waals surface area contributed by atoms with E-state index in [0.29, 0.717) is 12.5 Å². The zero-order valence-electron chi connectivity index (χ0n) is 11.5. The molecule has 2 nitrogen and oxygen atoms in total. The maximum atomic E-state index is 6.38. The lowest BCUT2D eigenvalue weighted by Crippen LogP contribution is -2.28. The van der Waals surface area contributed by atoms with Gasteiger partial charge in [0.25, 0.3) is 0 Å². The monoisotopic (exact) mass is 287 g/mol. The number of halogens is 1. The summed E-state index contributed by atoms with van der Waals surface area (Å²) in [5.74, 6) is 1.29. The minimum atomic E-state index is 0.178. The number of fused-ring (bicyclic) bond motifs is 1. The molecular weight excluding hydrogens is 270 g/mol. The van der Waals surface area contributed by atoms with Crippen LogP contribution in [0.25, 0.3) is 0 Å². The first kappa shape index (κ1) is 13.5. The SMILES string of the molecule is CCNC(c1ccccc1Cl)C1COc2ccccc21. The molecule has 104 valence electrons. The predicted molar refractivity (Wildman–Crippen MR) is 82.5 cm³/mol. The Kier molecular flexibility index (Phi) is 3.95. The van der Waals surface area contributed by atoms with Crippen LogP contribution in [0.4, 0.5) is 0 Å². The highest BCUT2D eigenvalue weighted by Crippen LogP contribution is 2.42. The van der Waals surface area contributed by atoms with E-state index in [1.165, 1.54) is 5.56 Å². The first-order valence-electron chi connectivity index (χ1n) is 7.00. The third-order valence-corrected chi connectivity index (χ3v) is 4.15. The summed E-state index contributed by atoms with van der Waals surface area (Å²) < 4.78 is 5.82. The van der Waals surface area contributed by atoms with Crippen LogP contribution in [-0.4, -0.2) is 13.2 Å². The third-order valence-electron chi connectivity index (χ3n) is 3.80. The normalized spacial score (nSPS) is 18.4. The molecule has 0 aromatic heterocycles. The zero-order chi connectivity index (χ0) is 13.9. The maximum absolute atomic E-state index is 6.38. The lowest BCUT2D eigenvalue weighted by molar-refractivity contribution is 0.301. The third kappa shape index (κ3) is 2.41. The molecule has 1 N–H and O–H groups in total. The second-order valence-electron chi connectivity index (χ2n) is 5.01. The van der Waals surface area contributed by atoms with Gasteiger partial charge in [0.1, 0.15) is 5.75 Å². The molecule has 0 spiro atoms. The molecule has 0 bridgehead atoms. The lowest BCUT2D eigenvalue weighted by Gasteiger charge is -2.25. The predicted octanol–water partition coefficient (Wildman–Crippen LogP) is 4.17. The second kappa shape index (κ2) is 5.86. The van der Waals surface area contributed by atoms with Crippen molar-refractivity contribution in [2.45, 2.75) is 18.9 Å². The Balaban J connectivity index is 1.99. The van der Waals surface area contributed by atoms with Gasteiger partial charge in [0.2, 0.25) is 0 Å². The van der Waals surface area contributed by atoms with Gasteiger partial charge in [-0.05, 0) is 24.2 Å². The van der Waals surface area contributed by atoms with Crippen LogP contribution in [0.3, 0.4) is 0 Å². The van der Waals surface area contributed by atoms with Gasteiger partial charge in [-0.15, -0.1) is 0 Å². The molecule has 20 heavy (non-hydrogen) atoms. The lowest BCUT2D eigenvalue weighted by atomic mass is 9.88. The number of hydrogen-bond donors (Lipinski definition) is 1. The molecule has 2 aromatic rings. The minimum absolute atomic E-state index is 0.178. The van der Waals surface area contributed by atoms with Gasteiger partial charge >= 0.3 is 0 Å². The standard InChI is InChI=1S/C17H18ClNO/c1-2-19-17(13-8-3-5-9-15(13)18)14-11-20-16-10-6-4-7-12(14)16/h3-10,14,17,19H,2,11H2,1H3. The van der Waals surface area contributed by atoms with Crippen LogP contribution in [0.1, 0.15) is 30.0 Å². The van der Waals surface area contributed by atoms with E-state index in [1.54, 1.807) is 0 Å². The van der Waals surface area contributed by atoms with Gasteiger partial charge in [0, 0.05) is 22.5 Å². The Bertz CT molecular complexity index is 599. The molecule has 3 rings (SSSR count). The fourth-order valence-electron chi connectivity index (χ4n) is 2.88. The molecule has 3 heteroatoms. The van der Waals surface area contributed by atoms with Gasteiger partial charge in [-0.2, -0.15) is 0 Å². The van der Waals surface area contributed by atoms with Crippen LogP contribution >= 0.6 is 11.6 Å². The average molecular weight is 288 g/mol. The van der Waals surface area contributed by atoms with Gasteiger partial charge in [-0.3, -0.25) is 0 Å². The van der Waals surface area contributed by atoms with Gasteiger partial charge in [-0.25, -0.2) is 0 Å². The zero-order valence-corrected chi connectivity index (χ0v) is 12.2. The molecule has 1 heterocycles. The van der Waals surface area contributed by atoms with Crippen molar-refractivity contribution < 1.29 is 4.74 Å². The van der Waals surface area contributed by atoms with Gasteiger partial charge < -0.3 is 10.1 Å². The molecule has 0 radical (unpaired) electrons. The fourth-order valence-corrected chi connectivity index (χ4v) is 3.13. The number of ether oxygens (including phenoxy) is 1. The number of benzene rings is 2. The summed E-state index contributed by atoms with van der Waals surface area (Å²) in [6, 6.07) is 16.5. The van der Waals surface area contributed by atoms with Crippen molar-refractivity contribution >= 4 is 11.6 Å². The van der Waals surface area contributed by atoms with E-state index < -0.39 is 0 Å². The highest BCUT2D eigenvalue weighted by molar-refractivity contribution is 6.31. The Labute approximate surface area is 124 Å². The maximum Gasteiger partial charge on any atom is 0.122 e. The van der Waals surface area contributed by atoms with Gasteiger partial charge in [-0.1, -0.05) is 54.9 Å². The molecule has 0 saturated carbocycles. The molecule has 0 fully saturated rings. The summed E-state index contributed by atoms with van der Waals surface area (Å²) in [5.41, 5.74) is 2.40. The van der Waals surface area contributed by atoms with Gasteiger partial charge in [0.05, 0.1) is 6.61 Å². The van der Waals surface area contributed by atoms with Crippen LogP contribution in [-0.2, 0) is 0 Å². The number of rotatable bonds is 4. The summed E-state index contributed by atoms with van der Waals surface area (Å²) in [6.45, 7) is 3.71. The topological polar surface area (TPSA) is 21.3 Å². The Morgan fingerprint density at radius 1 is 1.20 bits per heavy atom. The summed E-state index contributed by atoms with van der Waals surface area (Å²) in [7, 11) is 0. The molecule has 0 amide bonds. The largest absolute Gasteiger partial charge is 0.493 e. The molecule has 2 unspecified atom stereocenters. The molecule has 2 atom stereocenters. The van der Waals surface area contributed by atoms with Crippen molar-refractivity contribution in [3.05, 3.63) is 64.7 Å². The van der Waals surface area contributed by atoms with Crippen molar-refractivity contribution in [3.63, 3.8) is 0 Å². The van der Waals surface area contributed by atoms with Crippen LogP contribution in [0.5, 0.6) is 5.75 Å². The fraction of sp³-hybridized carbons (Fsp3) is 0.294. The summed E-state index contributed by atoms with van der Waals surface area (Å²) >= 11 is 6.38. The van der Waals surface area contributed by atoms with E-state index in [9.17, 15) is 0 Å². The van der Waals surface area contributed by atoms with E-state index in [1.807, 2.05) is 30.3 Å². The second-order valence-corrected chi connectivity index (χ2v) is 5.42. The molecule has 1 aliphatic heterocycles. The van der Waals surface area contributed by atoms with Crippen LogP contribution < -0.4 is 10.1 Å². The van der Waals surface area contributed by atoms with Crippen molar-refractivity contribution in [1.29, 1.82) is 0 Å². The summed E-state index contributed by atoms with van der Waals surface area (Å²) in [5, 5.41) is 4.37. The van der Waals surface area contributed by atoms with Crippen molar-refractivity contribution in [2.24, 2.45) is 0 Å². The highest BCUT2D eigenvalue weighted by Gasteiger charge is 2.32. The number of para-hydroxylation sites is 1. The van der Waals surface area contributed by atoms with E-state index in [2.05, 4.69) is 30.4 Å². The summed E-state index contributed by atoms with van der Waals surface area (Å²) in [6.07, 6.45) is 0. The average Bonchev–Trinajstić information content (AvgIpc) is 2.90. The Morgan fingerprint density at radius 2 is 1.95 bits per heavy atom. The highest BCUT2D eigenvalue weighted by atomic mass is 35.5. The van der Waals surface area contributed by atoms with Crippen molar-refractivity contribution in [3.8, 4) is 5.75 Å². The molecular formula is C17H18ClNO. The summed E-state index contributed by atoms with van der Waals surface area (Å²) in [4.78, 5) is 0. The van der Waals surface area contributed by atoms with E-state index in [-0.39, 0.29) is 6.04 Å². The van der Waals surface area contributed by atoms with Crippen LogP contribution in [0.2, 0.25) is 5.02 Å². The number of hydrogen-bond acceptors (Lipinski definition) is 2. The number of likely N-dealkylation sites (N-methyl/N-ethyl adjacent to an activating group) is 1. The first-order chi connectivity index (χ1) is 9.81. The van der Waals surface area contributed by atoms with E-state index >= 15 is 0 Å². The van der Waals surface area contributed by atoms with E-state index in [4.69, 9.17) is 16.3 Å². The Hall–Kier alpha value is -1.51. The molecule has 1 aliphatic rings. The van der Waals surface area contributed by atoms with Crippen molar-refractivity contribution in [2.75, 3.05) is 13.2 Å². The first-order valence-corrected chi connectivity index (χ1v) is 7.38. The quantitative estimate of drug-likeness (QED) is 0.911. The molecule has 2 aromatic carbocycles. The minimum Gasteiger partial charge on any atom is -0.493 e. The van der Waals surface area contributed by atoms with E-state index in [0.717, 1.165) is 22.9 Å².